The lowest BCUT2D eigenvalue weighted by atomic mass is 10.3. The zero-order valence-electron chi connectivity index (χ0n) is 15.6. The quantitative estimate of drug-likeness (QED) is 0.344. The molecule has 166 valence electrons. The summed E-state index contributed by atoms with van der Waals surface area (Å²) in [6.07, 6.45) is -4.79. The van der Waals surface area contributed by atoms with Gasteiger partial charge in [-0.1, -0.05) is 11.6 Å². The Bertz CT molecular complexity index is 913. The summed E-state index contributed by atoms with van der Waals surface area (Å²) in [6, 6.07) is 11.5. The zero-order valence-corrected chi connectivity index (χ0v) is 18.0. The van der Waals surface area contributed by atoms with Crippen LogP contribution >= 0.6 is 35.6 Å². The van der Waals surface area contributed by atoms with Crippen molar-refractivity contribution in [2.24, 2.45) is 0 Å². The number of halogens is 4. The second-order valence-electron chi connectivity index (χ2n) is 5.75. The Hall–Kier alpha value is -2.70. The van der Waals surface area contributed by atoms with Gasteiger partial charge in [-0.25, -0.2) is 0 Å². The minimum absolute atomic E-state index is 0.0255. The number of hydrogen-bond acceptors (Lipinski definition) is 5. The van der Waals surface area contributed by atoms with Crippen molar-refractivity contribution in [3.8, 4) is 5.75 Å². The number of benzene rings is 2. The topological polar surface area (TPSA) is 91.5 Å². The molecule has 0 heterocycles. The van der Waals surface area contributed by atoms with Crippen LogP contribution in [0.25, 0.3) is 0 Å². The van der Waals surface area contributed by atoms with E-state index in [0.717, 1.165) is 23.9 Å². The van der Waals surface area contributed by atoms with Crippen LogP contribution in [0.15, 0.2) is 48.5 Å². The van der Waals surface area contributed by atoms with Gasteiger partial charge >= 0.3 is 6.36 Å². The molecule has 0 aliphatic carbocycles. The number of hydrazine groups is 1. The van der Waals surface area contributed by atoms with Crippen molar-refractivity contribution < 1.29 is 27.5 Å². The van der Waals surface area contributed by atoms with Crippen molar-refractivity contribution in [1.29, 1.82) is 0 Å². The van der Waals surface area contributed by atoms with Gasteiger partial charge in [0.2, 0.25) is 11.8 Å². The number of rotatable bonds is 7. The molecule has 31 heavy (non-hydrogen) atoms. The summed E-state index contributed by atoms with van der Waals surface area (Å²) in [5.41, 5.74) is 5.89. The fourth-order valence-electron chi connectivity index (χ4n) is 2.03. The second-order valence-corrected chi connectivity index (χ2v) is 7.58. The van der Waals surface area contributed by atoms with Crippen LogP contribution in [-0.2, 0) is 9.59 Å². The number of thioether (sulfide) groups is 1. The minimum atomic E-state index is -4.79. The lowest BCUT2D eigenvalue weighted by Gasteiger charge is -2.11. The molecule has 0 saturated heterocycles. The highest BCUT2D eigenvalue weighted by molar-refractivity contribution is 8.00. The van der Waals surface area contributed by atoms with Gasteiger partial charge in [0.25, 0.3) is 0 Å². The maximum atomic E-state index is 12.1. The second kappa shape index (κ2) is 11.6. The first-order chi connectivity index (χ1) is 14.6. The lowest BCUT2D eigenvalue weighted by molar-refractivity contribution is -0.274. The Balaban J connectivity index is 1.63. The lowest BCUT2D eigenvalue weighted by Crippen LogP contribution is -2.44. The molecule has 2 aromatic rings. The molecule has 0 bridgehead atoms. The Morgan fingerprint density at radius 3 is 2.06 bits per heavy atom. The number of anilines is 2. The van der Waals surface area contributed by atoms with Crippen molar-refractivity contribution >= 4 is 63.9 Å². The Kier molecular flexibility index (Phi) is 9.21. The first-order valence-corrected chi connectivity index (χ1v) is 10.4. The van der Waals surface area contributed by atoms with E-state index in [4.69, 9.17) is 23.8 Å². The minimum Gasteiger partial charge on any atom is -0.406 e. The number of carbonyl (C=O) groups excluding carboxylic acids is 2. The maximum Gasteiger partial charge on any atom is 0.573 e. The number of alkyl halides is 3. The summed E-state index contributed by atoms with van der Waals surface area (Å²) >= 11 is 11.9. The van der Waals surface area contributed by atoms with Crippen LogP contribution in [0.5, 0.6) is 5.75 Å². The van der Waals surface area contributed by atoms with Crippen LogP contribution in [0.1, 0.15) is 0 Å². The standard InChI is InChI=1S/C18H16ClF3N4O3S2/c19-11-1-3-13(4-2-11)24-17(30)26-25-16(28)10-31-9-15(27)23-12-5-7-14(8-6-12)29-18(20,21)22/h1-8H,9-10H2,(H,23,27)(H,25,28)(H2,24,26,30). The predicted octanol–water partition coefficient (Wildman–Crippen LogP) is 3.93. The van der Waals surface area contributed by atoms with Gasteiger partial charge in [0.1, 0.15) is 5.75 Å². The van der Waals surface area contributed by atoms with E-state index in [1.54, 1.807) is 24.3 Å². The smallest absolute Gasteiger partial charge is 0.406 e. The molecular formula is C18H16ClF3N4O3S2. The Morgan fingerprint density at radius 1 is 0.903 bits per heavy atom. The number of carbonyl (C=O) groups is 2. The van der Waals surface area contributed by atoms with Gasteiger partial charge in [0.05, 0.1) is 11.5 Å². The van der Waals surface area contributed by atoms with E-state index in [1.165, 1.54) is 12.1 Å². The van der Waals surface area contributed by atoms with Gasteiger partial charge in [-0.3, -0.25) is 20.4 Å². The van der Waals surface area contributed by atoms with Crippen molar-refractivity contribution in [2.45, 2.75) is 6.36 Å². The molecule has 0 atom stereocenters. The normalized spacial score (nSPS) is 10.7. The summed E-state index contributed by atoms with van der Waals surface area (Å²) in [6.45, 7) is 0. The molecule has 0 fully saturated rings. The zero-order chi connectivity index (χ0) is 22.9. The fourth-order valence-corrected chi connectivity index (χ4v) is 2.94. The first-order valence-electron chi connectivity index (χ1n) is 8.45. The fraction of sp³-hybridized carbons (Fsp3) is 0.167. The SMILES string of the molecule is O=C(CSCC(=O)Nc1ccc(OC(F)(F)F)cc1)NNC(=S)Nc1ccc(Cl)cc1. The summed E-state index contributed by atoms with van der Waals surface area (Å²) in [5.74, 6) is -1.29. The molecular weight excluding hydrogens is 477 g/mol. The molecule has 0 aromatic heterocycles. The molecule has 0 saturated carbocycles. The molecule has 0 spiro atoms. The molecule has 0 aliphatic rings. The molecule has 2 aromatic carbocycles. The van der Waals surface area contributed by atoms with E-state index in [1.807, 2.05) is 0 Å². The van der Waals surface area contributed by atoms with Gasteiger partial charge in [0, 0.05) is 16.4 Å². The van der Waals surface area contributed by atoms with E-state index in [9.17, 15) is 22.8 Å². The van der Waals surface area contributed by atoms with Crippen molar-refractivity contribution in [1.82, 2.24) is 10.9 Å². The molecule has 13 heteroatoms. The highest BCUT2D eigenvalue weighted by Crippen LogP contribution is 2.24. The van der Waals surface area contributed by atoms with Crippen LogP contribution in [0, 0.1) is 0 Å². The number of nitrogens with one attached hydrogen (secondary N) is 4. The highest BCUT2D eigenvalue weighted by atomic mass is 35.5. The monoisotopic (exact) mass is 492 g/mol. The van der Waals surface area contributed by atoms with Crippen molar-refractivity contribution in [3.63, 3.8) is 0 Å². The highest BCUT2D eigenvalue weighted by Gasteiger charge is 2.30. The molecule has 0 aliphatic heterocycles. The van der Waals surface area contributed by atoms with E-state index in [0.29, 0.717) is 16.4 Å². The number of ether oxygens (including phenoxy) is 1. The van der Waals surface area contributed by atoms with Crippen molar-refractivity contribution in [2.75, 3.05) is 22.1 Å². The van der Waals surface area contributed by atoms with Crippen LogP contribution < -0.4 is 26.2 Å². The number of thiocarbonyl (C=S) groups is 1. The third-order valence-corrected chi connectivity index (χ3v) is 4.64. The van der Waals surface area contributed by atoms with Crippen molar-refractivity contribution in [3.05, 3.63) is 53.6 Å². The number of hydrogen-bond donors (Lipinski definition) is 4. The first kappa shape index (κ1) is 24.6. The molecule has 2 amide bonds. The van der Waals surface area contributed by atoms with Gasteiger partial charge < -0.3 is 15.4 Å². The summed E-state index contributed by atoms with van der Waals surface area (Å²) in [4.78, 5) is 23.7. The van der Waals surface area contributed by atoms with Gasteiger partial charge in [-0.2, -0.15) is 0 Å². The molecule has 4 N–H and O–H groups in total. The Labute approximate surface area is 190 Å². The summed E-state index contributed by atoms with van der Waals surface area (Å²) in [5, 5.41) is 6.09. The van der Waals surface area contributed by atoms with Crippen LogP contribution in [0.4, 0.5) is 24.5 Å². The summed E-state index contributed by atoms with van der Waals surface area (Å²) < 4.78 is 40.1. The summed E-state index contributed by atoms with van der Waals surface area (Å²) in [7, 11) is 0. The average Bonchev–Trinajstić information content (AvgIpc) is 2.68. The number of amides is 2. The van der Waals surface area contributed by atoms with E-state index >= 15 is 0 Å². The van der Waals surface area contributed by atoms with Gasteiger partial charge in [-0.15, -0.1) is 24.9 Å². The Morgan fingerprint density at radius 2 is 1.45 bits per heavy atom. The predicted molar refractivity (Wildman–Crippen MR) is 118 cm³/mol. The van der Waals surface area contributed by atoms with Gasteiger partial charge in [-0.05, 0) is 60.7 Å². The maximum absolute atomic E-state index is 12.1. The molecule has 7 nitrogen and oxygen atoms in total. The van der Waals surface area contributed by atoms with E-state index < -0.39 is 23.9 Å². The third-order valence-electron chi connectivity index (χ3n) is 3.26. The largest absolute Gasteiger partial charge is 0.573 e. The van der Waals surface area contributed by atoms with Crippen LogP contribution in [0.3, 0.4) is 0 Å². The van der Waals surface area contributed by atoms with E-state index in [2.05, 4.69) is 26.2 Å². The van der Waals surface area contributed by atoms with Gasteiger partial charge in [0.15, 0.2) is 5.11 Å². The third kappa shape index (κ3) is 10.2. The molecule has 0 unspecified atom stereocenters. The molecule has 0 radical (unpaired) electrons. The van der Waals surface area contributed by atoms with E-state index in [-0.39, 0.29) is 16.6 Å². The molecule has 2 rings (SSSR count). The average molecular weight is 493 g/mol. The van der Waals surface area contributed by atoms with Crippen LogP contribution in [-0.4, -0.2) is 34.8 Å². The van der Waals surface area contributed by atoms with Crippen LogP contribution in [0.2, 0.25) is 5.02 Å².